The summed E-state index contributed by atoms with van der Waals surface area (Å²) in [5.41, 5.74) is 6.92. The van der Waals surface area contributed by atoms with Crippen LogP contribution in [0.4, 0.5) is 25.0 Å². The molecule has 1 aromatic heterocycles. The van der Waals surface area contributed by atoms with Crippen LogP contribution in [0.1, 0.15) is 24.3 Å². The van der Waals surface area contributed by atoms with Crippen LogP contribution in [0.25, 0.3) is 11.3 Å². The number of anilines is 2. The predicted molar refractivity (Wildman–Crippen MR) is 126 cm³/mol. The summed E-state index contributed by atoms with van der Waals surface area (Å²) in [7, 11) is 0. The molecule has 0 aliphatic heterocycles. The Hall–Kier alpha value is -3.99. The molecule has 0 saturated heterocycles. The highest BCUT2D eigenvalue weighted by Gasteiger charge is 2.74. The second-order valence-electron chi connectivity index (χ2n) is 8.27. The Morgan fingerprint density at radius 1 is 1.11 bits per heavy atom. The molecule has 12 heteroatoms. The standard InChI is InChI=1S/C24H21ClF2N4O5/c1-11-19(30-23(34)35-12(2)15-5-3-4-6-16(15)25)20(36-31-11)13-7-9-14(10-8-13)29-22(33)18-17(21(28)32)24(18,26)27/h3-10,12,17-18H,1-2H3,(H2,28,32)(H,29,33)(H,30,34)/t12-,17?,18?/m1/s1. The largest absolute Gasteiger partial charge is 0.441 e. The third-order valence-electron chi connectivity index (χ3n) is 5.77. The van der Waals surface area contributed by atoms with E-state index in [1.165, 1.54) is 24.3 Å². The number of aromatic nitrogens is 1. The number of ether oxygens (including phenoxy) is 1. The van der Waals surface area contributed by atoms with E-state index in [4.69, 9.17) is 26.6 Å². The quantitative estimate of drug-likeness (QED) is 0.406. The highest BCUT2D eigenvalue weighted by molar-refractivity contribution is 6.31. The maximum absolute atomic E-state index is 13.7. The fourth-order valence-corrected chi connectivity index (χ4v) is 4.10. The summed E-state index contributed by atoms with van der Waals surface area (Å²) < 4.78 is 38.1. The van der Waals surface area contributed by atoms with Crippen molar-refractivity contribution in [2.45, 2.75) is 25.9 Å². The summed E-state index contributed by atoms with van der Waals surface area (Å²) >= 11 is 6.16. The Morgan fingerprint density at radius 3 is 2.39 bits per heavy atom. The molecule has 1 fully saturated rings. The highest BCUT2D eigenvalue weighted by atomic mass is 35.5. The van der Waals surface area contributed by atoms with Crippen LogP contribution in [0.3, 0.4) is 0 Å². The summed E-state index contributed by atoms with van der Waals surface area (Å²) in [6.45, 7) is 3.30. The third kappa shape index (κ3) is 4.87. The number of hydrogen-bond acceptors (Lipinski definition) is 6. The summed E-state index contributed by atoms with van der Waals surface area (Å²) in [5.74, 6) is -9.10. The first-order valence-corrected chi connectivity index (χ1v) is 11.1. The number of benzene rings is 2. The minimum Gasteiger partial charge on any atom is -0.441 e. The van der Waals surface area contributed by atoms with Gasteiger partial charge in [0.15, 0.2) is 5.76 Å². The average molecular weight is 519 g/mol. The first kappa shape index (κ1) is 25.1. The Labute approximate surface area is 208 Å². The van der Waals surface area contributed by atoms with Crippen LogP contribution in [-0.4, -0.2) is 29.0 Å². The lowest BCUT2D eigenvalue weighted by molar-refractivity contribution is -0.123. The van der Waals surface area contributed by atoms with Crippen LogP contribution in [-0.2, 0) is 14.3 Å². The number of amides is 3. The van der Waals surface area contributed by atoms with E-state index < -0.39 is 41.8 Å². The van der Waals surface area contributed by atoms with Gasteiger partial charge in [-0.15, -0.1) is 0 Å². The van der Waals surface area contributed by atoms with Gasteiger partial charge in [-0.3, -0.25) is 14.9 Å². The average Bonchev–Trinajstić information content (AvgIpc) is 3.25. The number of carbonyl (C=O) groups is 3. The number of nitrogens with two attached hydrogens (primary N) is 1. The van der Waals surface area contributed by atoms with Crippen molar-refractivity contribution in [3.8, 4) is 11.3 Å². The number of halogens is 3. The van der Waals surface area contributed by atoms with Crippen molar-refractivity contribution in [3.63, 3.8) is 0 Å². The van der Waals surface area contributed by atoms with Crippen molar-refractivity contribution in [1.29, 1.82) is 0 Å². The molecular weight excluding hydrogens is 498 g/mol. The van der Waals surface area contributed by atoms with Crippen LogP contribution in [0.5, 0.6) is 0 Å². The summed E-state index contributed by atoms with van der Waals surface area (Å²) in [5, 5.41) is 9.30. The molecule has 188 valence electrons. The van der Waals surface area contributed by atoms with Crippen LogP contribution in [0, 0.1) is 18.8 Å². The number of rotatable bonds is 7. The van der Waals surface area contributed by atoms with Gasteiger partial charge in [0.25, 0.3) is 5.92 Å². The van der Waals surface area contributed by atoms with E-state index in [0.717, 1.165) is 0 Å². The van der Waals surface area contributed by atoms with Crippen molar-refractivity contribution in [3.05, 3.63) is 64.8 Å². The van der Waals surface area contributed by atoms with Crippen molar-refractivity contribution in [2.24, 2.45) is 17.6 Å². The lowest BCUT2D eigenvalue weighted by atomic mass is 10.1. The molecule has 0 radical (unpaired) electrons. The van der Waals surface area contributed by atoms with Gasteiger partial charge in [0.05, 0.1) is 0 Å². The fourth-order valence-electron chi connectivity index (χ4n) is 3.81. The molecular formula is C24H21ClF2N4O5. The normalized spacial score (nSPS) is 18.7. The maximum Gasteiger partial charge on any atom is 0.412 e. The van der Waals surface area contributed by atoms with Gasteiger partial charge in [-0.05, 0) is 44.2 Å². The van der Waals surface area contributed by atoms with E-state index in [2.05, 4.69) is 15.8 Å². The zero-order valence-electron chi connectivity index (χ0n) is 19.1. The molecule has 36 heavy (non-hydrogen) atoms. The lowest BCUT2D eigenvalue weighted by Crippen LogP contribution is -2.20. The molecule has 1 heterocycles. The zero-order valence-corrected chi connectivity index (χ0v) is 19.8. The molecule has 0 bridgehead atoms. The van der Waals surface area contributed by atoms with Gasteiger partial charge in [-0.1, -0.05) is 35.0 Å². The molecule has 3 aromatic rings. The second-order valence-corrected chi connectivity index (χ2v) is 8.67. The third-order valence-corrected chi connectivity index (χ3v) is 6.12. The molecule has 0 spiro atoms. The highest BCUT2D eigenvalue weighted by Crippen LogP contribution is 2.55. The number of aryl methyl sites for hydroxylation is 1. The molecule has 1 aliphatic carbocycles. The molecule has 2 unspecified atom stereocenters. The molecule has 9 nitrogen and oxygen atoms in total. The zero-order chi connectivity index (χ0) is 26.2. The molecule has 2 aromatic carbocycles. The van der Waals surface area contributed by atoms with E-state index in [0.29, 0.717) is 21.8 Å². The van der Waals surface area contributed by atoms with E-state index in [1.54, 1.807) is 38.1 Å². The summed E-state index contributed by atoms with van der Waals surface area (Å²) in [6.07, 6.45) is -1.38. The van der Waals surface area contributed by atoms with Crippen molar-refractivity contribution >= 4 is 40.9 Å². The van der Waals surface area contributed by atoms with Gasteiger partial charge in [0.2, 0.25) is 11.8 Å². The number of primary amides is 1. The van der Waals surface area contributed by atoms with Gasteiger partial charge in [0.1, 0.15) is 29.3 Å². The van der Waals surface area contributed by atoms with Gasteiger partial charge in [0, 0.05) is 21.8 Å². The molecule has 4 rings (SSSR count). The Morgan fingerprint density at radius 2 is 1.78 bits per heavy atom. The van der Waals surface area contributed by atoms with Gasteiger partial charge in [-0.25, -0.2) is 13.6 Å². The summed E-state index contributed by atoms with van der Waals surface area (Å²) in [4.78, 5) is 35.8. The second kappa shape index (κ2) is 9.57. The summed E-state index contributed by atoms with van der Waals surface area (Å²) in [6, 6.07) is 13.0. The number of nitrogens with one attached hydrogen (secondary N) is 2. The smallest absolute Gasteiger partial charge is 0.412 e. The minimum absolute atomic E-state index is 0.216. The lowest BCUT2D eigenvalue weighted by Gasteiger charge is -2.15. The monoisotopic (exact) mass is 518 g/mol. The number of hydrogen-bond donors (Lipinski definition) is 3. The van der Waals surface area contributed by atoms with Gasteiger partial charge >= 0.3 is 6.09 Å². The minimum atomic E-state index is -3.47. The fraction of sp³-hybridized carbons (Fsp3) is 0.250. The van der Waals surface area contributed by atoms with Crippen molar-refractivity contribution < 1.29 is 32.4 Å². The number of carbonyl (C=O) groups excluding carboxylic acids is 3. The molecule has 1 aliphatic rings. The maximum atomic E-state index is 13.7. The van der Waals surface area contributed by atoms with Crippen LogP contribution >= 0.6 is 11.6 Å². The van der Waals surface area contributed by atoms with E-state index in [9.17, 15) is 23.2 Å². The van der Waals surface area contributed by atoms with E-state index in [-0.39, 0.29) is 17.1 Å². The van der Waals surface area contributed by atoms with E-state index in [1.807, 2.05) is 0 Å². The Kier molecular flexibility index (Phi) is 6.68. The first-order valence-electron chi connectivity index (χ1n) is 10.8. The molecule has 1 saturated carbocycles. The van der Waals surface area contributed by atoms with Gasteiger partial charge in [-0.2, -0.15) is 0 Å². The molecule has 3 atom stereocenters. The Bertz CT molecular complexity index is 1330. The molecule has 3 amide bonds. The Balaban J connectivity index is 1.43. The van der Waals surface area contributed by atoms with Crippen LogP contribution < -0.4 is 16.4 Å². The first-order chi connectivity index (χ1) is 17.0. The predicted octanol–water partition coefficient (Wildman–Crippen LogP) is 4.92. The molecule has 4 N–H and O–H groups in total. The van der Waals surface area contributed by atoms with E-state index >= 15 is 0 Å². The topological polar surface area (TPSA) is 137 Å². The number of alkyl halides is 2. The van der Waals surface area contributed by atoms with Gasteiger partial charge < -0.3 is 20.3 Å². The van der Waals surface area contributed by atoms with Crippen molar-refractivity contribution in [1.82, 2.24) is 5.16 Å². The van der Waals surface area contributed by atoms with Crippen LogP contribution in [0.2, 0.25) is 5.02 Å². The van der Waals surface area contributed by atoms with Crippen LogP contribution in [0.15, 0.2) is 53.1 Å². The van der Waals surface area contributed by atoms with Crippen molar-refractivity contribution in [2.75, 3.05) is 10.6 Å². The number of nitrogens with zero attached hydrogens (tertiary/aromatic N) is 1. The SMILES string of the molecule is Cc1noc(-c2ccc(NC(=O)C3C(C(N)=O)C3(F)F)cc2)c1NC(=O)O[C@H](C)c1ccccc1Cl.